The molecule has 5 heteroatoms. The number of aliphatic hydroxyl groups excluding tert-OH is 1. The summed E-state index contributed by atoms with van der Waals surface area (Å²) in [6.07, 6.45) is -0.774. The highest BCUT2D eigenvalue weighted by molar-refractivity contribution is 6.33. The van der Waals surface area contributed by atoms with Crippen molar-refractivity contribution in [1.82, 2.24) is 5.32 Å². The Morgan fingerprint density at radius 1 is 1.50 bits per heavy atom. The predicted octanol–water partition coefficient (Wildman–Crippen LogP) is 2.22. The largest absolute Gasteiger partial charge is 0.398 e. The lowest BCUT2D eigenvalue weighted by atomic mass is 10.0. The van der Waals surface area contributed by atoms with Gasteiger partial charge in [0, 0.05) is 17.6 Å². The molecule has 0 spiro atoms. The molecular weight excluding hydrogens is 250 g/mol. The summed E-state index contributed by atoms with van der Waals surface area (Å²) >= 11 is 6.07. The molecule has 18 heavy (non-hydrogen) atoms. The van der Waals surface area contributed by atoms with Crippen LogP contribution in [0.25, 0.3) is 0 Å². The van der Waals surface area contributed by atoms with Gasteiger partial charge in [0.2, 0.25) is 0 Å². The highest BCUT2D eigenvalue weighted by Gasteiger charge is 2.18. The minimum atomic E-state index is -0.774. The molecule has 1 atom stereocenters. The highest BCUT2D eigenvalue weighted by Crippen LogP contribution is 2.29. The molecule has 1 unspecified atom stereocenters. The Kier molecular flexibility index (Phi) is 4.58. The Hall–Kier alpha value is -1.28. The van der Waals surface area contributed by atoms with E-state index in [0.717, 1.165) is 0 Å². The minimum absolute atomic E-state index is 0.0979. The topological polar surface area (TPSA) is 82.1 Å². The molecule has 1 rings (SSSR count). The summed E-state index contributed by atoms with van der Waals surface area (Å²) < 4.78 is 0. The van der Waals surface area contributed by atoms with Crippen molar-refractivity contribution in [2.24, 2.45) is 0 Å². The van der Waals surface area contributed by atoms with Crippen LogP contribution in [0.2, 0.25) is 5.02 Å². The third-order valence-electron chi connectivity index (χ3n) is 2.50. The molecule has 0 aliphatic heterocycles. The normalized spacial score (nSPS) is 13.1. The van der Waals surface area contributed by atoms with Crippen molar-refractivity contribution < 1.29 is 5.11 Å². The Labute approximate surface area is 112 Å². The number of nitriles is 1. The first-order valence-corrected chi connectivity index (χ1v) is 6.05. The van der Waals surface area contributed by atoms with E-state index in [0.29, 0.717) is 17.8 Å². The molecule has 0 aromatic heterocycles. The van der Waals surface area contributed by atoms with Crippen LogP contribution >= 0.6 is 11.6 Å². The van der Waals surface area contributed by atoms with E-state index >= 15 is 0 Å². The number of nitrogens with zero attached hydrogens (tertiary/aromatic N) is 1. The van der Waals surface area contributed by atoms with Crippen LogP contribution < -0.4 is 11.1 Å². The fraction of sp³-hybridized carbons (Fsp3) is 0.462. The van der Waals surface area contributed by atoms with Crippen LogP contribution in [0.4, 0.5) is 5.69 Å². The molecule has 0 saturated carbocycles. The van der Waals surface area contributed by atoms with E-state index < -0.39 is 6.10 Å². The Morgan fingerprint density at radius 2 is 2.11 bits per heavy atom. The fourth-order valence-electron chi connectivity index (χ4n) is 1.49. The number of hydrogen-bond acceptors (Lipinski definition) is 4. The van der Waals surface area contributed by atoms with E-state index in [1.807, 2.05) is 26.8 Å². The monoisotopic (exact) mass is 267 g/mol. The predicted molar refractivity (Wildman–Crippen MR) is 73.3 cm³/mol. The van der Waals surface area contributed by atoms with E-state index in [1.165, 1.54) is 0 Å². The summed E-state index contributed by atoms with van der Waals surface area (Å²) in [5, 5.41) is 22.4. The SMILES string of the molecule is CC(C)(C)NCC(O)c1ccc(N)c(C#N)c1Cl. The first-order valence-electron chi connectivity index (χ1n) is 5.67. The number of nitrogens with two attached hydrogens (primary N) is 1. The third-order valence-corrected chi connectivity index (χ3v) is 2.91. The molecular formula is C13H18ClN3O. The number of aliphatic hydroxyl groups is 1. The van der Waals surface area contributed by atoms with E-state index in [1.54, 1.807) is 12.1 Å². The van der Waals surface area contributed by atoms with Crippen LogP contribution in [0.1, 0.15) is 38.0 Å². The minimum Gasteiger partial charge on any atom is -0.398 e. The van der Waals surface area contributed by atoms with Crippen LogP contribution in [0.3, 0.4) is 0 Å². The molecule has 0 fully saturated rings. The highest BCUT2D eigenvalue weighted by atomic mass is 35.5. The van der Waals surface area contributed by atoms with Gasteiger partial charge in [-0.25, -0.2) is 0 Å². The lowest BCUT2D eigenvalue weighted by molar-refractivity contribution is 0.163. The van der Waals surface area contributed by atoms with E-state index in [4.69, 9.17) is 22.6 Å². The summed E-state index contributed by atoms with van der Waals surface area (Å²) in [6, 6.07) is 5.17. The van der Waals surface area contributed by atoms with Gasteiger partial charge in [0.25, 0.3) is 0 Å². The first kappa shape index (κ1) is 14.8. The van der Waals surface area contributed by atoms with Crippen molar-refractivity contribution in [3.8, 4) is 6.07 Å². The van der Waals surface area contributed by atoms with Crippen LogP contribution in [0.5, 0.6) is 0 Å². The summed E-state index contributed by atoms with van der Waals surface area (Å²) in [5.41, 5.74) is 6.59. The second-order valence-electron chi connectivity index (χ2n) is 5.19. The van der Waals surface area contributed by atoms with E-state index in [2.05, 4.69) is 5.32 Å². The lowest BCUT2D eigenvalue weighted by Crippen LogP contribution is -2.38. The van der Waals surface area contributed by atoms with Crippen LogP contribution in [0, 0.1) is 11.3 Å². The molecule has 0 bridgehead atoms. The van der Waals surface area contributed by atoms with Crippen LogP contribution in [-0.2, 0) is 0 Å². The van der Waals surface area contributed by atoms with Gasteiger partial charge in [0.1, 0.15) is 6.07 Å². The van der Waals surface area contributed by atoms with Crippen LogP contribution in [0.15, 0.2) is 12.1 Å². The van der Waals surface area contributed by atoms with Gasteiger partial charge >= 0.3 is 0 Å². The zero-order valence-electron chi connectivity index (χ0n) is 10.8. The Morgan fingerprint density at radius 3 is 2.61 bits per heavy atom. The maximum Gasteiger partial charge on any atom is 0.103 e. The second-order valence-corrected chi connectivity index (χ2v) is 5.57. The molecule has 4 nitrogen and oxygen atoms in total. The lowest BCUT2D eigenvalue weighted by Gasteiger charge is -2.23. The number of benzene rings is 1. The summed E-state index contributed by atoms with van der Waals surface area (Å²) in [4.78, 5) is 0. The summed E-state index contributed by atoms with van der Waals surface area (Å²) in [5.74, 6) is 0. The summed E-state index contributed by atoms with van der Waals surface area (Å²) in [7, 11) is 0. The maximum atomic E-state index is 10.1. The second kappa shape index (κ2) is 5.57. The zero-order valence-corrected chi connectivity index (χ0v) is 11.5. The number of nitrogens with one attached hydrogen (secondary N) is 1. The molecule has 4 N–H and O–H groups in total. The zero-order chi connectivity index (χ0) is 13.9. The van der Waals surface area contributed by atoms with Crippen molar-refractivity contribution in [2.45, 2.75) is 32.4 Å². The molecule has 98 valence electrons. The van der Waals surface area contributed by atoms with Gasteiger partial charge in [-0.2, -0.15) is 5.26 Å². The first-order chi connectivity index (χ1) is 8.26. The number of hydrogen-bond donors (Lipinski definition) is 3. The quantitative estimate of drug-likeness (QED) is 0.734. The average Bonchev–Trinajstić information content (AvgIpc) is 2.26. The molecule has 1 aromatic rings. The van der Waals surface area contributed by atoms with Crippen molar-refractivity contribution in [2.75, 3.05) is 12.3 Å². The summed E-state index contributed by atoms with van der Waals surface area (Å²) in [6.45, 7) is 6.37. The van der Waals surface area contributed by atoms with Gasteiger partial charge in [-0.1, -0.05) is 17.7 Å². The van der Waals surface area contributed by atoms with Gasteiger partial charge in [0.05, 0.1) is 22.4 Å². The van der Waals surface area contributed by atoms with Gasteiger partial charge in [-0.15, -0.1) is 0 Å². The van der Waals surface area contributed by atoms with Gasteiger partial charge < -0.3 is 16.2 Å². The number of nitrogen functional groups attached to an aromatic ring is 1. The number of anilines is 1. The van der Waals surface area contributed by atoms with Crippen molar-refractivity contribution in [3.63, 3.8) is 0 Å². The maximum absolute atomic E-state index is 10.1. The molecule has 0 aliphatic rings. The number of β-amino-alcohol motifs (C(OH)–C–C–N with tert-alkyl or cyclic N) is 1. The van der Waals surface area contributed by atoms with Crippen molar-refractivity contribution in [1.29, 1.82) is 5.26 Å². The van der Waals surface area contributed by atoms with Gasteiger partial charge in [-0.05, 0) is 26.8 Å². The standard InChI is InChI=1S/C13H18ClN3O/c1-13(2,3)17-7-11(18)8-4-5-10(16)9(6-15)12(8)14/h4-5,11,17-18H,7,16H2,1-3H3. The van der Waals surface area contributed by atoms with Gasteiger partial charge in [-0.3, -0.25) is 0 Å². The fourth-order valence-corrected chi connectivity index (χ4v) is 1.83. The number of rotatable bonds is 3. The smallest absolute Gasteiger partial charge is 0.103 e. The molecule has 0 amide bonds. The van der Waals surface area contributed by atoms with Gasteiger partial charge in [0.15, 0.2) is 0 Å². The van der Waals surface area contributed by atoms with Crippen molar-refractivity contribution in [3.05, 3.63) is 28.3 Å². The van der Waals surface area contributed by atoms with Crippen molar-refractivity contribution >= 4 is 17.3 Å². The van der Waals surface area contributed by atoms with E-state index in [9.17, 15) is 5.11 Å². The number of halogens is 1. The molecule has 0 aliphatic carbocycles. The Bertz CT molecular complexity index is 474. The van der Waals surface area contributed by atoms with Crippen LogP contribution in [-0.4, -0.2) is 17.2 Å². The third kappa shape index (κ3) is 3.61. The molecule has 0 radical (unpaired) electrons. The van der Waals surface area contributed by atoms with E-state index in [-0.39, 0.29) is 16.1 Å². The molecule has 1 aromatic carbocycles. The average molecular weight is 268 g/mol. The Balaban J connectivity index is 2.94. The molecule has 0 heterocycles. The molecule has 0 saturated heterocycles.